The van der Waals surface area contributed by atoms with Gasteiger partial charge in [0.1, 0.15) is 0 Å². The molecule has 0 bridgehead atoms. The Bertz CT molecular complexity index is 356. The number of ketones is 1. The van der Waals surface area contributed by atoms with E-state index in [1.807, 2.05) is 0 Å². The standard InChI is InChI=1S/C8H5F3N2O/c1-2-6(14)5-3-12-7(13-4-5)8(9,10)11/h2-4H,1H2. The first-order chi connectivity index (χ1) is 6.45. The summed E-state index contributed by atoms with van der Waals surface area (Å²) in [6.07, 6.45) is -1.97. The zero-order chi connectivity index (χ0) is 10.8. The molecule has 6 heteroatoms. The summed E-state index contributed by atoms with van der Waals surface area (Å²) in [7, 11) is 0. The fraction of sp³-hybridized carbons (Fsp3) is 0.125. The Labute approximate surface area is 77.3 Å². The fourth-order valence-electron chi connectivity index (χ4n) is 0.720. The van der Waals surface area contributed by atoms with Crippen LogP contribution in [-0.2, 0) is 6.18 Å². The van der Waals surface area contributed by atoms with E-state index in [-0.39, 0.29) is 5.56 Å². The number of hydrogen-bond acceptors (Lipinski definition) is 3. The summed E-state index contributed by atoms with van der Waals surface area (Å²) in [5.41, 5.74) is -0.0204. The van der Waals surface area contributed by atoms with Gasteiger partial charge in [0.05, 0.1) is 5.56 Å². The molecule has 0 radical (unpaired) electrons. The zero-order valence-corrected chi connectivity index (χ0v) is 6.88. The van der Waals surface area contributed by atoms with E-state index >= 15 is 0 Å². The predicted molar refractivity (Wildman–Crippen MR) is 41.6 cm³/mol. The van der Waals surface area contributed by atoms with Gasteiger partial charge in [-0.2, -0.15) is 13.2 Å². The molecule has 0 saturated heterocycles. The zero-order valence-electron chi connectivity index (χ0n) is 6.88. The van der Waals surface area contributed by atoms with Crippen molar-refractivity contribution in [3.05, 3.63) is 36.4 Å². The first-order valence-electron chi connectivity index (χ1n) is 3.51. The van der Waals surface area contributed by atoms with Gasteiger partial charge in [0, 0.05) is 12.4 Å². The smallest absolute Gasteiger partial charge is 0.289 e. The van der Waals surface area contributed by atoms with E-state index in [1.54, 1.807) is 0 Å². The van der Waals surface area contributed by atoms with Crippen LogP contribution in [0, 0.1) is 0 Å². The molecule has 0 unspecified atom stereocenters. The molecule has 0 spiro atoms. The summed E-state index contributed by atoms with van der Waals surface area (Å²) < 4.78 is 35.9. The van der Waals surface area contributed by atoms with E-state index in [4.69, 9.17) is 0 Å². The Morgan fingerprint density at radius 3 is 2.21 bits per heavy atom. The molecule has 0 amide bonds. The van der Waals surface area contributed by atoms with Crippen LogP contribution in [0.5, 0.6) is 0 Å². The van der Waals surface area contributed by atoms with Gasteiger partial charge in [-0.25, -0.2) is 9.97 Å². The van der Waals surface area contributed by atoms with Crippen LogP contribution in [0.3, 0.4) is 0 Å². The summed E-state index contributed by atoms with van der Waals surface area (Å²) in [6.45, 7) is 3.18. The number of allylic oxidation sites excluding steroid dienone is 1. The topological polar surface area (TPSA) is 42.9 Å². The van der Waals surface area contributed by atoms with Crippen LogP contribution in [0.4, 0.5) is 13.2 Å². The Balaban J connectivity index is 3.00. The highest BCUT2D eigenvalue weighted by Gasteiger charge is 2.34. The third kappa shape index (κ3) is 2.15. The minimum Gasteiger partial charge on any atom is -0.289 e. The first kappa shape index (κ1) is 10.4. The fourth-order valence-corrected chi connectivity index (χ4v) is 0.720. The predicted octanol–water partition coefficient (Wildman–Crippen LogP) is 1.86. The van der Waals surface area contributed by atoms with Crippen molar-refractivity contribution in [1.82, 2.24) is 9.97 Å². The number of carbonyl (C=O) groups excluding carboxylic acids is 1. The van der Waals surface area contributed by atoms with Crippen molar-refractivity contribution in [2.45, 2.75) is 6.18 Å². The molecule has 0 saturated carbocycles. The molecule has 1 heterocycles. The lowest BCUT2D eigenvalue weighted by Gasteiger charge is -2.03. The van der Waals surface area contributed by atoms with Gasteiger partial charge in [0.15, 0.2) is 5.78 Å². The molecule has 0 aliphatic carbocycles. The monoisotopic (exact) mass is 202 g/mol. The minimum atomic E-state index is -4.59. The minimum absolute atomic E-state index is 0.0204. The van der Waals surface area contributed by atoms with Gasteiger partial charge in [0.25, 0.3) is 0 Å². The van der Waals surface area contributed by atoms with Gasteiger partial charge in [-0.3, -0.25) is 4.79 Å². The number of aromatic nitrogens is 2. The maximum atomic E-state index is 12.0. The highest BCUT2D eigenvalue weighted by atomic mass is 19.4. The van der Waals surface area contributed by atoms with E-state index in [0.29, 0.717) is 0 Å². The quantitative estimate of drug-likeness (QED) is 0.543. The molecule has 14 heavy (non-hydrogen) atoms. The Hall–Kier alpha value is -1.72. The molecule has 0 aromatic carbocycles. The van der Waals surface area contributed by atoms with Crippen molar-refractivity contribution < 1.29 is 18.0 Å². The average molecular weight is 202 g/mol. The van der Waals surface area contributed by atoms with Crippen molar-refractivity contribution in [3.8, 4) is 0 Å². The molecule has 0 fully saturated rings. The summed E-state index contributed by atoms with van der Waals surface area (Å²) in [6, 6.07) is 0. The van der Waals surface area contributed by atoms with E-state index in [0.717, 1.165) is 18.5 Å². The highest BCUT2D eigenvalue weighted by molar-refractivity contribution is 6.03. The summed E-state index contributed by atoms with van der Waals surface area (Å²) >= 11 is 0. The molecule has 74 valence electrons. The second-order valence-electron chi connectivity index (χ2n) is 2.36. The van der Waals surface area contributed by atoms with E-state index in [2.05, 4.69) is 16.5 Å². The largest absolute Gasteiger partial charge is 0.451 e. The number of alkyl halides is 3. The van der Waals surface area contributed by atoms with Crippen LogP contribution in [-0.4, -0.2) is 15.8 Å². The molecule has 1 rings (SSSR count). The van der Waals surface area contributed by atoms with E-state index in [1.165, 1.54) is 0 Å². The van der Waals surface area contributed by atoms with Crippen molar-refractivity contribution in [2.75, 3.05) is 0 Å². The maximum absolute atomic E-state index is 12.0. The lowest BCUT2D eigenvalue weighted by atomic mass is 10.2. The molecule has 0 aliphatic heterocycles. The summed E-state index contributed by atoms with van der Waals surface area (Å²) in [4.78, 5) is 16.9. The van der Waals surface area contributed by atoms with Crippen molar-refractivity contribution in [2.24, 2.45) is 0 Å². The molecule has 0 aliphatic rings. The second kappa shape index (κ2) is 3.57. The van der Waals surface area contributed by atoms with Gasteiger partial charge in [-0.15, -0.1) is 0 Å². The van der Waals surface area contributed by atoms with E-state index in [9.17, 15) is 18.0 Å². The molecular weight excluding hydrogens is 197 g/mol. The lowest BCUT2D eigenvalue weighted by molar-refractivity contribution is -0.145. The second-order valence-corrected chi connectivity index (χ2v) is 2.36. The Morgan fingerprint density at radius 1 is 1.36 bits per heavy atom. The van der Waals surface area contributed by atoms with Crippen LogP contribution in [0.1, 0.15) is 16.2 Å². The number of nitrogens with zero attached hydrogens (tertiary/aromatic N) is 2. The Morgan fingerprint density at radius 2 is 1.86 bits per heavy atom. The molecule has 1 aromatic heterocycles. The van der Waals surface area contributed by atoms with Gasteiger partial charge >= 0.3 is 6.18 Å². The Kier molecular flexibility index (Phi) is 2.64. The van der Waals surface area contributed by atoms with Gasteiger partial charge < -0.3 is 0 Å². The van der Waals surface area contributed by atoms with Crippen LogP contribution in [0.2, 0.25) is 0 Å². The maximum Gasteiger partial charge on any atom is 0.451 e. The van der Waals surface area contributed by atoms with Crippen molar-refractivity contribution in [3.63, 3.8) is 0 Å². The lowest BCUT2D eigenvalue weighted by Crippen LogP contribution is -2.11. The summed E-state index contributed by atoms with van der Waals surface area (Å²) in [5.74, 6) is -1.78. The number of hydrogen-bond donors (Lipinski definition) is 0. The van der Waals surface area contributed by atoms with Crippen LogP contribution < -0.4 is 0 Å². The molecule has 0 N–H and O–H groups in total. The van der Waals surface area contributed by atoms with Gasteiger partial charge in [0.2, 0.25) is 5.82 Å². The van der Waals surface area contributed by atoms with Crippen LogP contribution >= 0.6 is 0 Å². The first-order valence-corrected chi connectivity index (χ1v) is 3.51. The third-order valence-electron chi connectivity index (χ3n) is 1.38. The number of carbonyl (C=O) groups is 1. The number of halogens is 3. The number of rotatable bonds is 2. The van der Waals surface area contributed by atoms with E-state index < -0.39 is 17.8 Å². The van der Waals surface area contributed by atoms with Crippen molar-refractivity contribution in [1.29, 1.82) is 0 Å². The highest BCUT2D eigenvalue weighted by Crippen LogP contribution is 2.25. The molecule has 3 nitrogen and oxygen atoms in total. The average Bonchev–Trinajstić information content (AvgIpc) is 2.15. The third-order valence-corrected chi connectivity index (χ3v) is 1.38. The molecule has 0 atom stereocenters. The van der Waals surface area contributed by atoms with Gasteiger partial charge in [-0.05, 0) is 6.08 Å². The van der Waals surface area contributed by atoms with Crippen LogP contribution in [0.25, 0.3) is 0 Å². The van der Waals surface area contributed by atoms with Gasteiger partial charge in [-0.1, -0.05) is 6.58 Å². The normalized spacial score (nSPS) is 11.1. The molecule has 1 aromatic rings. The SMILES string of the molecule is C=CC(=O)c1cnc(C(F)(F)F)nc1. The summed E-state index contributed by atoms with van der Waals surface area (Å²) in [5, 5.41) is 0. The molecular formula is C8H5F3N2O. The van der Waals surface area contributed by atoms with Crippen LogP contribution in [0.15, 0.2) is 25.0 Å². The van der Waals surface area contributed by atoms with Crippen molar-refractivity contribution >= 4 is 5.78 Å².